The Hall–Kier alpha value is -0.680. The van der Waals surface area contributed by atoms with Crippen LogP contribution in [0.3, 0.4) is 0 Å². The lowest BCUT2D eigenvalue weighted by Crippen LogP contribution is -2.18. The van der Waals surface area contributed by atoms with Crippen LogP contribution in [-0.2, 0) is 0 Å². The maximum atomic E-state index is 8.54. The molecule has 16 heavy (non-hydrogen) atoms. The van der Waals surface area contributed by atoms with E-state index in [0.717, 1.165) is 10.9 Å². The van der Waals surface area contributed by atoms with Crippen LogP contribution in [0.1, 0.15) is 19.8 Å². The zero-order valence-electron chi connectivity index (χ0n) is 9.06. The fourth-order valence-corrected chi connectivity index (χ4v) is 2.98. The zero-order valence-corrected chi connectivity index (χ0v) is 11.5. The maximum Gasteiger partial charge on any atom is 0.140 e. The highest BCUT2D eigenvalue weighted by atomic mass is 79.9. The van der Waals surface area contributed by atoms with E-state index in [9.17, 15) is 0 Å². The molecule has 0 saturated heterocycles. The Kier molecular flexibility index (Phi) is 5.69. The van der Waals surface area contributed by atoms with Crippen molar-refractivity contribution in [3.63, 3.8) is 0 Å². The van der Waals surface area contributed by atoms with Crippen LogP contribution in [0.5, 0.6) is 0 Å². The molecule has 0 saturated carbocycles. The maximum absolute atomic E-state index is 8.54. The zero-order chi connectivity index (χ0) is 12.0. The quantitative estimate of drug-likeness (QED) is 0.288. The fraction of sp³-hybridized carbons (Fsp3) is 0.364. The van der Waals surface area contributed by atoms with E-state index in [1.54, 1.807) is 11.8 Å². The monoisotopic (exact) mass is 302 g/mol. The lowest BCUT2D eigenvalue weighted by molar-refractivity contribution is 0.316. The second kappa shape index (κ2) is 6.81. The number of benzene rings is 1. The highest BCUT2D eigenvalue weighted by molar-refractivity contribution is 9.10. The molecule has 0 aliphatic carbocycles. The summed E-state index contributed by atoms with van der Waals surface area (Å²) >= 11 is 5.18. The van der Waals surface area contributed by atoms with Gasteiger partial charge in [0.2, 0.25) is 0 Å². The molecule has 3 nitrogen and oxygen atoms in total. The molecule has 0 amide bonds. The van der Waals surface area contributed by atoms with Crippen LogP contribution in [0.25, 0.3) is 0 Å². The van der Waals surface area contributed by atoms with Crippen molar-refractivity contribution in [2.75, 3.05) is 0 Å². The summed E-state index contributed by atoms with van der Waals surface area (Å²) in [5, 5.41) is 11.9. The van der Waals surface area contributed by atoms with E-state index in [2.05, 4.69) is 40.1 Å². The van der Waals surface area contributed by atoms with Crippen LogP contribution in [0.15, 0.2) is 38.8 Å². The molecule has 0 heterocycles. The summed E-state index contributed by atoms with van der Waals surface area (Å²) in [4.78, 5) is 1.19. The van der Waals surface area contributed by atoms with Gasteiger partial charge in [-0.05, 0) is 24.6 Å². The number of nitrogens with two attached hydrogens (primary N) is 1. The number of oxime groups is 1. The number of amidine groups is 1. The van der Waals surface area contributed by atoms with Crippen molar-refractivity contribution >= 4 is 33.5 Å². The lowest BCUT2D eigenvalue weighted by atomic mass is 10.2. The smallest absolute Gasteiger partial charge is 0.140 e. The number of hydrogen-bond acceptors (Lipinski definition) is 3. The third kappa shape index (κ3) is 4.45. The molecule has 0 aliphatic heterocycles. The Labute approximate surface area is 108 Å². The van der Waals surface area contributed by atoms with Crippen molar-refractivity contribution in [2.45, 2.75) is 29.9 Å². The Bertz CT molecular complexity index is 371. The lowest BCUT2D eigenvalue weighted by Gasteiger charge is -2.13. The summed E-state index contributed by atoms with van der Waals surface area (Å²) in [6, 6.07) is 8.13. The Morgan fingerprint density at radius 2 is 2.38 bits per heavy atom. The van der Waals surface area contributed by atoms with Crippen LogP contribution in [0.2, 0.25) is 0 Å². The second-order valence-corrected chi connectivity index (χ2v) is 5.69. The van der Waals surface area contributed by atoms with Gasteiger partial charge in [-0.3, -0.25) is 0 Å². The molecule has 88 valence electrons. The van der Waals surface area contributed by atoms with Crippen molar-refractivity contribution in [3.05, 3.63) is 28.7 Å². The van der Waals surface area contributed by atoms with Gasteiger partial charge < -0.3 is 10.9 Å². The summed E-state index contributed by atoms with van der Waals surface area (Å²) in [6.07, 6.45) is 1.58. The third-order valence-corrected chi connectivity index (χ3v) is 3.97. The number of rotatable bonds is 5. The molecule has 0 aliphatic rings. The van der Waals surface area contributed by atoms with Crippen molar-refractivity contribution in [3.8, 4) is 0 Å². The molecular formula is C11H15BrN2OS. The van der Waals surface area contributed by atoms with E-state index < -0.39 is 0 Å². The van der Waals surface area contributed by atoms with Gasteiger partial charge in [-0.25, -0.2) is 0 Å². The first kappa shape index (κ1) is 13.4. The van der Waals surface area contributed by atoms with Crippen LogP contribution < -0.4 is 5.73 Å². The van der Waals surface area contributed by atoms with Crippen molar-refractivity contribution < 1.29 is 5.21 Å². The molecular weight excluding hydrogens is 288 g/mol. The molecule has 1 unspecified atom stereocenters. The molecule has 0 spiro atoms. The van der Waals surface area contributed by atoms with E-state index in [1.807, 2.05) is 12.1 Å². The normalized spacial score (nSPS) is 13.8. The largest absolute Gasteiger partial charge is 0.409 e. The van der Waals surface area contributed by atoms with Gasteiger partial charge >= 0.3 is 0 Å². The number of thioether (sulfide) groups is 1. The van der Waals surface area contributed by atoms with Gasteiger partial charge in [0.05, 0.1) is 0 Å². The molecule has 0 bridgehead atoms. The van der Waals surface area contributed by atoms with Crippen LogP contribution in [-0.4, -0.2) is 16.3 Å². The van der Waals surface area contributed by atoms with E-state index in [1.165, 1.54) is 4.90 Å². The van der Waals surface area contributed by atoms with Crippen LogP contribution in [0, 0.1) is 0 Å². The Morgan fingerprint density at radius 3 is 2.94 bits per heavy atom. The number of nitrogens with zero attached hydrogens (tertiary/aromatic N) is 1. The van der Waals surface area contributed by atoms with Gasteiger partial charge in [0.15, 0.2) is 0 Å². The molecule has 1 atom stereocenters. The summed E-state index contributed by atoms with van der Waals surface area (Å²) in [6.45, 7) is 2.10. The number of halogens is 1. The van der Waals surface area contributed by atoms with Crippen LogP contribution >= 0.6 is 27.7 Å². The predicted octanol–water partition coefficient (Wildman–Crippen LogP) is 3.46. The Balaban J connectivity index is 2.63. The van der Waals surface area contributed by atoms with Crippen molar-refractivity contribution in [1.82, 2.24) is 0 Å². The van der Waals surface area contributed by atoms with Gasteiger partial charge in [-0.15, -0.1) is 11.8 Å². The van der Waals surface area contributed by atoms with Gasteiger partial charge in [-0.2, -0.15) is 0 Å². The van der Waals surface area contributed by atoms with Gasteiger partial charge in [-0.1, -0.05) is 34.1 Å². The average molecular weight is 303 g/mol. The van der Waals surface area contributed by atoms with E-state index in [4.69, 9.17) is 10.9 Å². The molecule has 0 aromatic heterocycles. The highest BCUT2D eigenvalue weighted by Gasteiger charge is 2.10. The van der Waals surface area contributed by atoms with E-state index in [-0.39, 0.29) is 5.84 Å². The summed E-state index contributed by atoms with van der Waals surface area (Å²) in [7, 11) is 0. The molecule has 3 N–H and O–H groups in total. The van der Waals surface area contributed by atoms with Gasteiger partial charge in [0.1, 0.15) is 5.84 Å². The molecule has 1 aromatic carbocycles. The first-order valence-corrected chi connectivity index (χ1v) is 6.71. The number of hydrogen-bond donors (Lipinski definition) is 2. The minimum Gasteiger partial charge on any atom is -0.409 e. The highest BCUT2D eigenvalue weighted by Crippen LogP contribution is 2.29. The van der Waals surface area contributed by atoms with Crippen molar-refractivity contribution in [2.24, 2.45) is 10.9 Å². The second-order valence-electron chi connectivity index (χ2n) is 3.40. The standard InChI is InChI=1S/C11H15BrN2OS/c1-2-9(7-11(13)14-15)16-10-5-3-4-8(12)6-10/h3-6,9,15H,2,7H2,1H3,(H2,13,14). The molecule has 5 heteroatoms. The molecule has 0 radical (unpaired) electrons. The van der Waals surface area contributed by atoms with E-state index in [0.29, 0.717) is 11.7 Å². The SMILES string of the molecule is CCC(CC(N)=NO)Sc1cccc(Br)c1. The van der Waals surface area contributed by atoms with Gasteiger partial charge in [0, 0.05) is 21.0 Å². The molecule has 1 aromatic rings. The average Bonchev–Trinajstić information content (AvgIpc) is 2.28. The summed E-state index contributed by atoms with van der Waals surface area (Å²) in [5.41, 5.74) is 5.51. The van der Waals surface area contributed by atoms with E-state index >= 15 is 0 Å². The molecule has 1 rings (SSSR count). The van der Waals surface area contributed by atoms with Crippen LogP contribution in [0.4, 0.5) is 0 Å². The third-order valence-electron chi connectivity index (χ3n) is 2.12. The topological polar surface area (TPSA) is 58.6 Å². The first-order chi connectivity index (χ1) is 7.65. The summed E-state index contributed by atoms with van der Waals surface area (Å²) in [5.74, 6) is 0.286. The fourth-order valence-electron chi connectivity index (χ4n) is 1.28. The Morgan fingerprint density at radius 1 is 1.62 bits per heavy atom. The van der Waals surface area contributed by atoms with Crippen molar-refractivity contribution in [1.29, 1.82) is 0 Å². The minimum atomic E-state index is 0.286. The summed E-state index contributed by atoms with van der Waals surface area (Å²) < 4.78 is 1.07. The molecule has 0 fully saturated rings. The first-order valence-electron chi connectivity index (χ1n) is 5.04. The minimum absolute atomic E-state index is 0.286. The predicted molar refractivity (Wildman–Crippen MR) is 72.1 cm³/mol. The van der Waals surface area contributed by atoms with Gasteiger partial charge in [0.25, 0.3) is 0 Å².